The van der Waals surface area contributed by atoms with Gasteiger partial charge in [-0.25, -0.2) is 0 Å². The van der Waals surface area contributed by atoms with Crippen molar-refractivity contribution in [2.45, 2.75) is 32.7 Å². The third-order valence-electron chi connectivity index (χ3n) is 3.73. The minimum Gasteiger partial charge on any atom is -0.381 e. The predicted octanol–water partition coefficient (Wildman–Crippen LogP) is 2.80. The van der Waals surface area contributed by atoms with Gasteiger partial charge in [-0.1, -0.05) is 6.92 Å². The van der Waals surface area contributed by atoms with E-state index in [1.807, 2.05) is 13.0 Å². The van der Waals surface area contributed by atoms with Crippen LogP contribution in [0.15, 0.2) is 18.2 Å². The molecule has 0 radical (unpaired) electrons. The summed E-state index contributed by atoms with van der Waals surface area (Å²) < 4.78 is 0. The van der Waals surface area contributed by atoms with Crippen molar-refractivity contribution in [1.82, 2.24) is 4.90 Å². The lowest BCUT2D eigenvalue weighted by molar-refractivity contribution is -0.384. The van der Waals surface area contributed by atoms with Crippen LogP contribution in [0.25, 0.3) is 0 Å². The van der Waals surface area contributed by atoms with E-state index in [0.717, 1.165) is 30.8 Å². The molecule has 1 fully saturated rings. The molecule has 0 bridgehead atoms. The lowest BCUT2D eigenvalue weighted by Gasteiger charge is -2.33. The van der Waals surface area contributed by atoms with E-state index in [2.05, 4.69) is 17.1 Å². The second kappa shape index (κ2) is 6.02. The van der Waals surface area contributed by atoms with E-state index in [1.54, 1.807) is 12.1 Å². The molecule has 104 valence electrons. The average Bonchev–Trinajstić information content (AvgIpc) is 2.41. The molecule has 1 heterocycles. The van der Waals surface area contributed by atoms with Gasteiger partial charge in [-0.2, -0.15) is 0 Å². The number of nitro benzene ring substituents is 1. The molecule has 5 nitrogen and oxygen atoms in total. The van der Waals surface area contributed by atoms with Crippen molar-refractivity contribution in [1.29, 1.82) is 0 Å². The molecule has 1 aromatic carbocycles. The van der Waals surface area contributed by atoms with Gasteiger partial charge in [-0.15, -0.1) is 0 Å². The van der Waals surface area contributed by atoms with Crippen LogP contribution in [0.3, 0.4) is 0 Å². The molecular weight excluding hydrogens is 242 g/mol. The highest BCUT2D eigenvalue weighted by atomic mass is 16.6. The topological polar surface area (TPSA) is 58.4 Å². The van der Waals surface area contributed by atoms with E-state index in [9.17, 15) is 10.1 Å². The molecule has 2 rings (SSSR count). The fourth-order valence-corrected chi connectivity index (χ4v) is 2.60. The lowest BCUT2D eigenvalue weighted by atomic mass is 10.0. The molecular formula is C14H21N3O2. The summed E-state index contributed by atoms with van der Waals surface area (Å²) in [5, 5.41) is 14.2. The highest BCUT2D eigenvalue weighted by molar-refractivity contribution is 5.56. The van der Waals surface area contributed by atoms with Crippen LogP contribution in [-0.4, -0.2) is 35.5 Å². The number of nitrogens with one attached hydrogen (secondary N) is 1. The van der Waals surface area contributed by atoms with Crippen molar-refractivity contribution in [2.24, 2.45) is 0 Å². The number of nitrogens with zero attached hydrogens (tertiary/aromatic N) is 2. The zero-order chi connectivity index (χ0) is 13.8. The van der Waals surface area contributed by atoms with Gasteiger partial charge in [0, 0.05) is 30.4 Å². The minimum absolute atomic E-state index is 0.155. The molecule has 1 atom stereocenters. The molecule has 0 saturated carbocycles. The maximum absolute atomic E-state index is 10.7. The molecule has 5 heteroatoms. The van der Waals surface area contributed by atoms with Crippen LogP contribution >= 0.6 is 0 Å². The fraction of sp³-hybridized carbons (Fsp3) is 0.571. The van der Waals surface area contributed by atoms with Crippen LogP contribution in [-0.2, 0) is 0 Å². The molecule has 0 amide bonds. The Morgan fingerprint density at radius 1 is 1.53 bits per heavy atom. The molecule has 0 aliphatic carbocycles. The Kier molecular flexibility index (Phi) is 4.37. The molecule has 1 aliphatic heterocycles. The van der Waals surface area contributed by atoms with E-state index in [1.165, 1.54) is 13.0 Å². The van der Waals surface area contributed by atoms with Crippen LogP contribution in [0.1, 0.15) is 25.3 Å². The Morgan fingerprint density at radius 2 is 2.32 bits per heavy atom. The number of anilines is 1. The van der Waals surface area contributed by atoms with Crippen LogP contribution < -0.4 is 5.32 Å². The summed E-state index contributed by atoms with van der Waals surface area (Å²) in [5.74, 6) is 0. The van der Waals surface area contributed by atoms with Gasteiger partial charge in [0.2, 0.25) is 0 Å². The van der Waals surface area contributed by atoms with E-state index < -0.39 is 0 Å². The Labute approximate surface area is 113 Å². The molecule has 0 aromatic heterocycles. The second-order valence-corrected chi connectivity index (χ2v) is 5.13. The first-order valence-corrected chi connectivity index (χ1v) is 6.84. The van der Waals surface area contributed by atoms with Gasteiger partial charge in [0.25, 0.3) is 5.69 Å². The van der Waals surface area contributed by atoms with Gasteiger partial charge in [0.1, 0.15) is 0 Å². The summed E-state index contributed by atoms with van der Waals surface area (Å²) in [5.41, 5.74) is 2.10. The maximum atomic E-state index is 10.7. The highest BCUT2D eigenvalue weighted by Gasteiger charge is 2.19. The van der Waals surface area contributed by atoms with E-state index >= 15 is 0 Å². The average molecular weight is 263 g/mol. The molecule has 0 spiro atoms. The number of likely N-dealkylation sites (N-methyl/N-ethyl adjacent to an activating group) is 1. The van der Waals surface area contributed by atoms with Gasteiger partial charge in [0.15, 0.2) is 0 Å². The number of likely N-dealkylation sites (tertiary alicyclic amines) is 1. The fourth-order valence-electron chi connectivity index (χ4n) is 2.60. The Bertz CT molecular complexity index is 462. The largest absolute Gasteiger partial charge is 0.381 e. The Balaban J connectivity index is 2.04. The summed E-state index contributed by atoms with van der Waals surface area (Å²) in [7, 11) is 0. The van der Waals surface area contributed by atoms with Crippen molar-refractivity contribution in [2.75, 3.05) is 25.0 Å². The summed E-state index contributed by atoms with van der Waals surface area (Å²) in [6.45, 7) is 7.40. The first-order valence-electron chi connectivity index (χ1n) is 6.84. The van der Waals surface area contributed by atoms with Crippen LogP contribution in [0.5, 0.6) is 0 Å². The Morgan fingerprint density at radius 3 is 2.95 bits per heavy atom. The number of nitro groups is 1. The normalized spacial score (nSPS) is 20.2. The summed E-state index contributed by atoms with van der Waals surface area (Å²) in [6, 6.07) is 5.45. The van der Waals surface area contributed by atoms with Gasteiger partial charge in [0.05, 0.1) is 4.92 Å². The molecule has 1 N–H and O–H groups in total. The first kappa shape index (κ1) is 13.8. The SMILES string of the molecule is CCN1CCCC(Nc2ccc([N+](=O)[O-])cc2C)C1. The van der Waals surface area contributed by atoms with Gasteiger partial charge < -0.3 is 10.2 Å². The van der Waals surface area contributed by atoms with Gasteiger partial charge in [-0.3, -0.25) is 10.1 Å². The highest BCUT2D eigenvalue weighted by Crippen LogP contribution is 2.23. The van der Waals surface area contributed by atoms with Crippen molar-refractivity contribution < 1.29 is 4.92 Å². The Hall–Kier alpha value is -1.62. The molecule has 1 aliphatic rings. The molecule has 1 unspecified atom stereocenters. The minimum atomic E-state index is -0.351. The second-order valence-electron chi connectivity index (χ2n) is 5.13. The molecule has 1 aromatic rings. The third kappa shape index (κ3) is 3.44. The third-order valence-corrected chi connectivity index (χ3v) is 3.73. The van der Waals surface area contributed by atoms with Gasteiger partial charge in [-0.05, 0) is 44.5 Å². The van der Waals surface area contributed by atoms with Crippen LogP contribution in [0.2, 0.25) is 0 Å². The summed E-state index contributed by atoms with van der Waals surface area (Å²) in [6.07, 6.45) is 2.37. The van der Waals surface area contributed by atoms with Crippen molar-refractivity contribution in [3.05, 3.63) is 33.9 Å². The first-order chi connectivity index (χ1) is 9.10. The van der Waals surface area contributed by atoms with Gasteiger partial charge >= 0.3 is 0 Å². The number of hydrogen-bond donors (Lipinski definition) is 1. The van der Waals surface area contributed by atoms with Crippen molar-refractivity contribution in [3.8, 4) is 0 Å². The predicted molar refractivity (Wildman–Crippen MR) is 76.6 cm³/mol. The van der Waals surface area contributed by atoms with Crippen molar-refractivity contribution in [3.63, 3.8) is 0 Å². The number of hydrogen-bond acceptors (Lipinski definition) is 4. The zero-order valence-electron chi connectivity index (χ0n) is 11.6. The molecule has 19 heavy (non-hydrogen) atoms. The quantitative estimate of drug-likeness (QED) is 0.670. The van der Waals surface area contributed by atoms with Crippen LogP contribution in [0, 0.1) is 17.0 Å². The zero-order valence-corrected chi connectivity index (χ0v) is 11.6. The van der Waals surface area contributed by atoms with E-state index in [-0.39, 0.29) is 10.6 Å². The number of rotatable bonds is 4. The summed E-state index contributed by atoms with van der Waals surface area (Å²) >= 11 is 0. The monoisotopic (exact) mass is 263 g/mol. The lowest BCUT2D eigenvalue weighted by Crippen LogP contribution is -2.41. The number of aryl methyl sites for hydroxylation is 1. The summed E-state index contributed by atoms with van der Waals surface area (Å²) in [4.78, 5) is 12.8. The van der Waals surface area contributed by atoms with Crippen molar-refractivity contribution >= 4 is 11.4 Å². The van der Waals surface area contributed by atoms with E-state index in [0.29, 0.717) is 6.04 Å². The number of non-ortho nitro benzene ring substituents is 1. The number of benzene rings is 1. The van der Waals surface area contributed by atoms with Crippen LogP contribution in [0.4, 0.5) is 11.4 Å². The van der Waals surface area contributed by atoms with E-state index in [4.69, 9.17) is 0 Å². The standard InChI is InChI=1S/C14H21N3O2/c1-3-16-8-4-5-12(10-16)15-14-7-6-13(17(18)19)9-11(14)2/h6-7,9,12,15H,3-5,8,10H2,1-2H3. The number of piperidine rings is 1. The maximum Gasteiger partial charge on any atom is 0.269 e. The molecule has 1 saturated heterocycles. The smallest absolute Gasteiger partial charge is 0.269 e.